The van der Waals surface area contributed by atoms with Gasteiger partial charge in [0, 0.05) is 16.1 Å². The number of nitro groups is 1. The van der Waals surface area contributed by atoms with Crippen LogP contribution in [-0.4, -0.2) is 16.5 Å². The van der Waals surface area contributed by atoms with Crippen LogP contribution in [0.4, 0.5) is 0 Å². The van der Waals surface area contributed by atoms with Gasteiger partial charge >= 0.3 is 0 Å². The molecule has 1 N–H and O–H groups in total. The van der Waals surface area contributed by atoms with Gasteiger partial charge in [0.2, 0.25) is 6.54 Å². The Morgan fingerprint density at radius 2 is 1.86 bits per heavy atom. The first-order valence-electron chi connectivity index (χ1n) is 6.89. The molecule has 1 atom stereocenters. The van der Waals surface area contributed by atoms with Gasteiger partial charge in [-0.3, -0.25) is 10.1 Å². The van der Waals surface area contributed by atoms with E-state index in [4.69, 9.17) is 0 Å². The summed E-state index contributed by atoms with van der Waals surface area (Å²) in [5, 5.41) is 12.1. The summed E-state index contributed by atoms with van der Waals surface area (Å²) in [5.74, 6) is -0.256. The first-order chi connectivity index (χ1) is 10.1. The Labute approximate surface area is 122 Å². The van der Waals surface area contributed by atoms with E-state index in [1.165, 1.54) is 0 Å². The molecule has 4 heteroatoms. The maximum Gasteiger partial charge on any atom is 0.216 e. The third-order valence-electron chi connectivity index (χ3n) is 3.74. The molecule has 0 saturated heterocycles. The molecular formula is C17H16N2O2. The summed E-state index contributed by atoms with van der Waals surface area (Å²) in [5.41, 5.74) is 4.00. The van der Waals surface area contributed by atoms with Crippen LogP contribution in [-0.2, 0) is 0 Å². The van der Waals surface area contributed by atoms with E-state index >= 15 is 0 Å². The second-order valence-corrected chi connectivity index (χ2v) is 5.29. The van der Waals surface area contributed by atoms with E-state index in [0.29, 0.717) is 0 Å². The molecular weight excluding hydrogens is 264 g/mol. The molecule has 0 fully saturated rings. The molecule has 106 valence electrons. The van der Waals surface area contributed by atoms with Crippen LogP contribution in [0.2, 0.25) is 0 Å². The monoisotopic (exact) mass is 280 g/mol. The number of H-pyrrole nitrogens is 1. The molecule has 0 aliphatic carbocycles. The van der Waals surface area contributed by atoms with E-state index in [0.717, 1.165) is 27.7 Å². The number of para-hydroxylation sites is 1. The molecule has 1 aromatic heterocycles. The number of aryl methyl sites for hydroxylation is 1. The standard InChI is InChI=1S/C17H16N2O2/c1-12-6-8-13(9-7-12)15(11-19(20)21)17-10-14-4-2-3-5-16(14)18-17/h2-10,15,18H,11H2,1H3/t15-/m1/s1. The second kappa shape index (κ2) is 5.40. The molecule has 1 heterocycles. The van der Waals surface area contributed by atoms with Crippen molar-refractivity contribution in [3.63, 3.8) is 0 Å². The lowest BCUT2D eigenvalue weighted by atomic mass is 9.95. The molecule has 0 spiro atoms. The van der Waals surface area contributed by atoms with Crippen molar-refractivity contribution in [2.45, 2.75) is 12.8 Å². The van der Waals surface area contributed by atoms with Crippen molar-refractivity contribution in [3.05, 3.63) is 81.5 Å². The zero-order valence-electron chi connectivity index (χ0n) is 11.7. The van der Waals surface area contributed by atoms with Gasteiger partial charge in [0.15, 0.2) is 0 Å². The highest BCUT2D eigenvalue weighted by Gasteiger charge is 2.21. The fraction of sp³-hybridized carbons (Fsp3) is 0.176. The molecule has 3 aromatic rings. The third kappa shape index (κ3) is 2.79. The molecule has 2 aromatic carbocycles. The summed E-state index contributed by atoms with van der Waals surface area (Å²) < 4.78 is 0. The Bertz CT molecular complexity index is 742. The Balaban J connectivity index is 2.05. The highest BCUT2D eigenvalue weighted by molar-refractivity contribution is 5.80. The summed E-state index contributed by atoms with van der Waals surface area (Å²) in [4.78, 5) is 14.1. The topological polar surface area (TPSA) is 58.9 Å². The first kappa shape index (κ1) is 13.4. The number of benzene rings is 2. The summed E-state index contributed by atoms with van der Waals surface area (Å²) >= 11 is 0. The zero-order chi connectivity index (χ0) is 14.8. The van der Waals surface area contributed by atoms with Crippen LogP contribution in [0.5, 0.6) is 0 Å². The van der Waals surface area contributed by atoms with Gasteiger partial charge in [-0.05, 0) is 30.0 Å². The number of hydrogen-bond acceptors (Lipinski definition) is 2. The SMILES string of the molecule is Cc1ccc([C@@H](C[N+](=O)[O-])c2cc3ccccc3[nH]2)cc1. The van der Waals surface area contributed by atoms with Crippen LogP contribution in [0.1, 0.15) is 22.7 Å². The van der Waals surface area contributed by atoms with Crippen LogP contribution in [0.25, 0.3) is 10.9 Å². The lowest BCUT2D eigenvalue weighted by Crippen LogP contribution is -2.14. The first-order valence-corrected chi connectivity index (χ1v) is 6.89. The third-order valence-corrected chi connectivity index (χ3v) is 3.74. The Morgan fingerprint density at radius 3 is 2.52 bits per heavy atom. The molecule has 0 bridgehead atoms. The number of fused-ring (bicyclic) bond motifs is 1. The lowest BCUT2D eigenvalue weighted by molar-refractivity contribution is -0.481. The highest BCUT2D eigenvalue weighted by atomic mass is 16.6. The summed E-state index contributed by atoms with van der Waals surface area (Å²) in [7, 11) is 0. The fourth-order valence-corrected chi connectivity index (χ4v) is 2.61. The van der Waals surface area contributed by atoms with Crippen molar-refractivity contribution in [1.29, 1.82) is 0 Å². The van der Waals surface area contributed by atoms with E-state index in [-0.39, 0.29) is 17.4 Å². The number of rotatable bonds is 4. The Kier molecular flexibility index (Phi) is 3.44. The predicted octanol–water partition coefficient (Wildman–Crippen LogP) is 3.88. The smallest absolute Gasteiger partial charge is 0.216 e. The summed E-state index contributed by atoms with van der Waals surface area (Å²) in [6, 6.07) is 17.8. The van der Waals surface area contributed by atoms with Crippen molar-refractivity contribution in [3.8, 4) is 0 Å². The fourth-order valence-electron chi connectivity index (χ4n) is 2.61. The second-order valence-electron chi connectivity index (χ2n) is 5.29. The van der Waals surface area contributed by atoms with Gasteiger partial charge < -0.3 is 4.98 Å². The molecule has 4 nitrogen and oxygen atoms in total. The van der Waals surface area contributed by atoms with Crippen LogP contribution in [0, 0.1) is 17.0 Å². The molecule has 0 aliphatic rings. The van der Waals surface area contributed by atoms with Crippen molar-refractivity contribution < 1.29 is 4.92 Å². The Hall–Kier alpha value is -2.62. The van der Waals surface area contributed by atoms with Crippen molar-refractivity contribution in [1.82, 2.24) is 4.98 Å². The average Bonchev–Trinajstić information content (AvgIpc) is 2.89. The van der Waals surface area contributed by atoms with Crippen LogP contribution in [0.3, 0.4) is 0 Å². The normalized spacial score (nSPS) is 12.4. The van der Waals surface area contributed by atoms with Crippen molar-refractivity contribution >= 4 is 10.9 Å². The molecule has 0 amide bonds. The van der Waals surface area contributed by atoms with Crippen LogP contribution < -0.4 is 0 Å². The van der Waals surface area contributed by atoms with Gasteiger partial charge in [0.05, 0.1) is 5.92 Å². The molecule has 0 unspecified atom stereocenters. The number of aromatic nitrogens is 1. The quantitative estimate of drug-likeness (QED) is 0.582. The minimum Gasteiger partial charge on any atom is -0.358 e. The highest BCUT2D eigenvalue weighted by Crippen LogP contribution is 2.27. The van der Waals surface area contributed by atoms with E-state index in [9.17, 15) is 10.1 Å². The van der Waals surface area contributed by atoms with Gasteiger partial charge in [-0.2, -0.15) is 0 Å². The molecule has 0 saturated carbocycles. The molecule has 0 aliphatic heterocycles. The maximum atomic E-state index is 11.0. The minimum atomic E-state index is -0.256. The minimum absolute atomic E-state index is 0.115. The average molecular weight is 280 g/mol. The van der Waals surface area contributed by atoms with Gasteiger partial charge in [0.25, 0.3) is 0 Å². The van der Waals surface area contributed by atoms with E-state index < -0.39 is 0 Å². The maximum absolute atomic E-state index is 11.0. The van der Waals surface area contributed by atoms with Gasteiger partial charge in [-0.25, -0.2) is 0 Å². The number of hydrogen-bond donors (Lipinski definition) is 1. The number of aromatic amines is 1. The van der Waals surface area contributed by atoms with Crippen LogP contribution in [0.15, 0.2) is 54.6 Å². The number of nitrogens with zero attached hydrogens (tertiary/aromatic N) is 1. The molecule has 3 rings (SSSR count). The van der Waals surface area contributed by atoms with Crippen molar-refractivity contribution in [2.24, 2.45) is 0 Å². The summed E-state index contributed by atoms with van der Waals surface area (Å²) in [6.45, 7) is 1.89. The van der Waals surface area contributed by atoms with Gasteiger partial charge in [-0.15, -0.1) is 0 Å². The van der Waals surface area contributed by atoms with Crippen LogP contribution >= 0.6 is 0 Å². The van der Waals surface area contributed by atoms with E-state index in [1.807, 2.05) is 61.5 Å². The lowest BCUT2D eigenvalue weighted by Gasteiger charge is -2.12. The predicted molar refractivity (Wildman–Crippen MR) is 83.2 cm³/mol. The van der Waals surface area contributed by atoms with Gasteiger partial charge in [0.1, 0.15) is 0 Å². The van der Waals surface area contributed by atoms with Gasteiger partial charge in [-0.1, -0.05) is 48.0 Å². The largest absolute Gasteiger partial charge is 0.358 e. The number of nitrogens with one attached hydrogen (secondary N) is 1. The van der Waals surface area contributed by atoms with Crippen molar-refractivity contribution in [2.75, 3.05) is 6.54 Å². The Morgan fingerprint density at radius 1 is 1.14 bits per heavy atom. The molecule has 0 radical (unpaired) electrons. The van der Waals surface area contributed by atoms with E-state index in [2.05, 4.69) is 4.98 Å². The zero-order valence-corrected chi connectivity index (χ0v) is 11.7. The molecule has 21 heavy (non-hydrogen) atoms. The van der Waals surface area contributed by atoms with E-state index in [1.54, 1.807) is 0 Å². The summed E-state index contributed by atoms with van der Waals surface area (Å²) in [6.07, 6.45) is 0.